The van der Waals surface area contributed by atoms with Crippen LogP contribution in [0.25, 0.3) is 0 Å². The Balaban J connectivity index is 1.89. The molecule has 0 amide bonds. The van der Waals surface area contributed by atoms with Crippen LogP contribution in [0.15, 0.2) is 6.07 Å². The van der Waals surface area contributed by atoms with Gasteiger partial charge in [0, 0.05) is 12.1 Å². The van der Waals surface area contributed by atoms with E-state index in [0.717, 1.165) is 31.6 Å². The van der Waals surface area contributed by atoms with E-state index in [4.69, 9.17) is 9.47 Å². The Bertz CT molecular complexity index is 487. The minimum atomic E-state index is 0.0474. The summed E-state index contributed by atoms with van der Waals surface area (Å²) in [5, 5.41) is 9.19. The van der Waals surface area contributed by atoms with E-state index in [9.17, 15) is 5.26 Å². The highest BCUT2D eigenvalue weighted by Gasteiger charge is 2.21. The molecule has 0 radical (unpaired) electrons. The first-order valence-electron chi connectivity index (χ1n) is 6.54. The largest absolute Gasteiger partial charge is 0.471 e. The lowest BCUT2D eigenvalue weighted by Crippen LogP contribution is -2.18. The summed E-state index contributed by atoms with van der Waals surface area (Å²) in [5.74, 6) is 0.494. The third-order valence-electron chi connectivity index (χ3n) is 3.55. The predicted molar refractivity (Wildman–Crippen MR) is 65.4 cm³/mol. The van der Waals surface area contributed by atoms with Crippen molar-refractivity contribution in [1.29, 1.82) is 5.26 Å². The number of nitrogens with zero attached hydrogens (tertiary/aromatic N) is 2. The second kappa shape index (κ2) is 4.95. The summed E-state index contributed by atoms with van der Waals surface area (Å²) in [7, 11) is 0. The second-order valence-corrected chi connectivity index (χ2v) is 4.87. The van der Waals surface area contributed by atoms with E-state index in [-0.39, 0.29) is 6.10 Å². The number of hydrogen-bond acceptors (Lipinski definition) is 4. The summed E-state index contributed by atoms with van der Waals surface area (Å²) in [6.07, 6.45) is 5.33. The Morgan fingerprint density at radius 1 is 1.39 bits per heavy atom. The molecule has 94 valence electrons. The van der Waals surface area contributed by atoms with Gasteiger partial charge in [0.25, 0.3) is 0 Å². The molecular weight excluding hydrogens is 228 g/mol. The van der Waals surface area contributed by atoms with Crippen molar-refractivity contribution < 1.29 is 9.47 Å². The van der Waals surface area contributed by atoms with Crippen LogP contribution in [0.2, 0.25) is 0 Å². The van der Waals surface area contributed by atoms with Gasteiger partial charge in [0.05, 0.1) is 13.2 Å². The number of rotatable bonds is 2. The average molecular weight is 244 g/mol. The first kappa shape index (κ1) is 11.5. The summed E-state index contributed by atoms with van der Waals surface area (Å²) in [6, 6.07) is 4.14. The van der Waals surface area contributed by atoms with E-state index in [1.165, 1.54) is 18.4 Å². The van der Waals surface area contributed by atoms with Gasteiger partial charge in [-0.1, -0.05) is 0 Å². The van der Waals surface area contributed by atoms with E-state index in [1.807, 2.05) is 6.07 Å². The van der Waals surface area contributed by atoms with Crippen LogP contribution in [0.1, 0.15) is 36.1 Å². The minimum Gasteiger partial charge on any atom is -0.471 e. The molecule has 1 fully saturated rings. The molecular formula is C14H16N2O2. The first-order chi connectivity index (χ1) is 8.86. The van der Waals surface area contributed by atoms with E-state index in [1.54, 1.807) is 0 Å². The van der Waals surface area contributed by atoms with Crippen LogP contribution in [0.4, 0.5) is 0 Å². The molecule has 0 spiro atoms. The summed E-state index contributed by atoms with van der Waals surface area (Å²) in [6.45, 7) is 1.33. The van der Waals surface area contributed by atoms with Crippen molar-refractivity contribution in [2.24, 2.45) is 0 Å². The molecule has 1 saturated heterocycles. The fraction of sp³-hybridized carbons (Fsp3) is 0.571. The molecule has 4 heteroatoms. The SMILES string of the molecule is N#Cc1cc2c(nc1OC1CCOC1)CCCC2. The number of nitriles is 1. The van der Waals surface area contributed by atoms with Crippen LogP contribution in [-0.2, 0) is 17.6 Å². The topological polar surface area (TPSA) is 55.1 Å². The molecule has 1 aliphatic heterocycles. The van der Waals surface area contributed by atoms with Crippen molar-refractivity contribution in [3.05, 3.63) is 22.9 Å². The number of ether oxygens (including phenoxy) is 2. The molecule has 1 atom stereocenters. The van der Waals surface area contributed by atoms with Crippen molar-refractivity contribution in [3.8, 4) is 11.9 Å². The number of pyridine rings is 1. The van der Waals surface area contributed by atoms with Crippen LogP contribution in [0.3, 0.4) is 0 Å². The molecule has 0 bridgehead atoms. The van der Waals surface area contributed by atoms with Gasteiger partial charge in [-0.2, -0.15) is 5.26 Å². The predicted octanol–water partition coefficient (Wildman–Crippen LogP) is 2.00. The van der Waals surface area contributed by atoms with Gasteiger partial charge >= 0.3 is 0 Å². The molecule has 1 aromatic heterocycles. The molecule has 4 nitrogen and oxygen atoms in total. The number of hydrogen-bond donors (Lipinski definition) is 0. The molecule has 1 aromatic rings. The summed E-state index contributed by atoms with van der Waals surface area (Å²) in [5.41, 5.74) is 2.88. The highest BCUT2D eigenvalue weighted by molar-refractivity contribution is 5.43. The van der Waals surface area contributed by atoms with Gasteiger partial charge in [0.15, 0.2) is 0 Å². The fourth-order valence-corrected chi connectivity index (χ4v) is 2.55. The van der Waals surface area contributed by atoms with E-state index < -0.39 is 0 Å². The third kappa shape index (κ3) is 2.19. The highest BCUT2D eigenvalue weighted by Crippen LogP contribution is 2.26. The maximum atomic E-state index is 9.19. The summed E-state index contributed by atoms with van der Waals surface area (Å²) < 4.78 is 11.1. The quantitative estimate of drug-likeness (QED) is 0.798. The maximum absolute atomic E-state index is 9.19. The van der Waals surface area contributed by atoms with Crippen molar-refractivity contribution in [2.75, 3.05) is 13.2 Å². The minimum absolute atomic E-state index is 0.0474. The lowest BCUT2D eigenvalue weighted by atomic mass is 9.95. The lowest BCUT2D eigenvalue weighted by Gasteiger charge is -2.18. The van der Waals surface area contributed by atoms with Crippen molar-refractivity contribution in [3.63, 3.8) is 0 Å². The second-order valence-electron chi connectivity index (χ2n) is 4.87. The zero-order valence-electron chi connectivity index (χ0n) is 10.3. The van der Waals surface area contributed by atoms with Crippen LogP contribution >= 0.6 is 0 Å². The summed E-state index contributed by atoms with van der Waals surface area (Å²) >= 11 is 0. The van der Waals surface area contributed by atoms with Crippen molar-refractivity contribution in [2.45, 2.75) is 38.2 Å². The molecule has 1 aliphatic carbocycles. The van der Waals surface area contributed by atoms with Gasteiger partial charge in [-0.05, 0) is 37.3 Å². The maximum Gasteiger partial charge on any atom is 0.232 e. The van der Waals surface area contributed by atoms with Crippen molar-refractivity contribution in [1.82, 2.24) is 4.98 Å². The molecule has 2 aliphatic rings. The molecule has 1 unspecified atom stereocenters. The third-order valence-corrected chi connectivity index (χ3v) is 3.55. The standard InChI is InChI=1S/C14H16N2O2/c15-8-11-7-10-3-1-2-4-13(10)16-14(11)18-12-5-6-17-9-12/h7,12H,1-6,9H2. The number of aromatic nitrogens is 1. The van der Waals surface area contributed by atoms with Gasteiger partial charge in [-0.3, -0.25) is 0 Å². The normalized spacial score (nSPS) is 22.3. The van der Waals surface area contributed by atoms with Crippen LogP contribution in [0.5, 0.6) is 5.88 Å². The lowest BCUT2D eigenvalue weighted by molar-refractivity contribution is 0.137. The summed E-state index contributed by atoms with van der Waals surface area (Å²) in [4.78, 5) is 4.55. The Kier molecular flexibility index (Phi) is 3.16. The van der Waals surface area contributed by atoms with Crippen LogP contribution < -0.4 is 4.74 Å². The molecule has 18 heavy (non-hydrogen) atoms. The van der Waals surface area contributed by atoms with Gasteiger partial charge in [-0.15, -0.1) is 0 Å². The molecule has 0 N–H and O–H groups in total. The molecule has 0 saturated carbocycles. The molecule has 0 aromatic carbocycles. The van der Waals surface area contributed by atoms with Crippen LogP contribution in [-0.4, -0.2) is 24.3 Å². The van der Waals surface area contributed by atoms with Crippen molar-refractivity contribution >= 4 is 0 Å². The smallest absolute Gasteiger partial charge is 0.232 e. The average Bonchev–Trinajstić information content (AvgIpc) is 2.91. The fourth-order valence-electron chi connectivity index (χ4n) is 2.55. The molecule has 2 heterocycles. The van der Waals surface area contributed by atoms with E-state index in [0.29, 0.717) is 18.1 Å². The first-order valence-corrected chi connectivity index (χ1v) is 6.54. The van der Waals surface area contributed by atoms with Gasteiger partial charge in [0.2, 0.25) is 5.88 Å². The van der Waals surface area contributed by atoms with E-state index in [2.05, 4.69) is 11.1 Å². The number of fused-ring (bicyclic) bond motifs is 1. The zero-order valence-corrected chi connectivity index (χ0v) is 10.3. The van der Waals surface area contributed by atoms with Gasteiger partial charge < -0.3 is 9.47 Å². The Hall–Kier alpha value is -1.60. The zero-order chi connectivity index (χ0) is 12.4. The van der Waals surface area contributed by atoms with Gasteiger partial charge in [0.1, 0.15) is 17.7 Å². The number of aryl methyl sites for hydroxylation is 2. The highest BCUT2D eigenvalue weighted by atomic mass is 16.5. The molecule has 3 rings (SSSR count). The van der Waals surface area contributed by atoms with Gasteiger partial charge in [-0.25, -0.2) is 4.98 Å². The van der Waals surface area contributed by atoms with Crippen LogP contribution in [0, 0.1) is 11.3 Å². The Morgan fingerprint density at radius 3 is 3.06 bits per heavy atom. The van der Waals surface area contributed by atoms with E-state index >= 15 is 0 Å². The Labute approximate surface area is 107 Å². The Morgan fingerprint density at radius 2 is 2.28 bits per heavy atom. The monoisotopic (exact) mass is 244 g/mol.